The molecule has 21 heavy (non-hydrogen) atoms. The summed E-state index contributed by atoms with van der Waals surface area (Å²) in [5.74, 6) is -2.96. The van der Waals surface area contributed by atoms with Gasteiger partial charge in [0, 0.05) is 6.54 Å². The lowest BCUT2D eigenvalue weighted by Crippen LogP contribution is -2.52. The van der Waals surface area contributed by atoms with Crippen LogP contribution in [0.25, 0.3) is 0 Å². The first-order valence-corrected chi connectivity index (χ1v) is 6.62. The lowest BCUT2D eigenvalue weighted by atomic mass is 10.1. The number of hydrogen-bond donors (Lipinski definition) is 4. The summed E-state index contributed by atoms with van der Waals surface area (Å²) in [6.07, 6.45) is 0.642. The van der Waals surface area contributed by atoms with E-state index in [9.17, 15) is 19.2 Å². The van der Waals surface area contributed by atoms with Crippen molar-refractivity contribution in [3.05, 3.63) is 0 Å². The Labute approximate surface area is 121 Å². The number of hydrogen-bond acceptors (Lipinski definition) is 5. The molecular weight excluding hydrogens is 280 g/mol. The molecule has 1 fully saturated rings. The number of carbonyl (C=O) groups is 4. The minimum absolute atomic E-state index is 0.105. The fourth-order valence-electron chi connectivity index (χ4n) is 2.26. The third-order valence-corrected chi connectivity index (χ3v) is 3.22. The SMILES string of the molecule is CNCC(=O)N1CCCC1C(=O)N[C@@H](CC(N)=O)C(=O)O. The molecular formula is C12H20N4O5. The van der Waals surface area contributed by atoms with Crippen LogP contribution < -0.4 is 16.4 Å². The smallest absolute Gasteiger partial charge is 0.326 e. The third-order valence-electron chi connectivity index (χ3n) is 3.22. The Kier molecular flexibility index (Phi) is 6.10. The van der Waals surface area contributed by atoms with E-state index in [-0.39, 0.29) is 12.5 Å². The zero-order valence-corrected chi connectivity index (χ0v) is 11.8. The minimum atomic E-state index is -1.38. The summed E-state index contributed by atoms with van der Waals surface area (Å²) < 4.78 is 0. The van der Waals surface area contributed by atoms with Crippen LogP contribution in [0.1, 0.15) is 19.3 Å². The lowest BCUT2D eigenvalue weighted by molar-refractivity contribution is -0.145. The highest BCUT2D eigenvalue weighted by molar-refractivity contribution is 5.92. The van der Waals surface area contributed by atoms with Crippen molar-refractivity contribution in [2.75, 3.05) is 20.1 Å². The van der Waals surface area contributed by atoms with E-state index in [0.29, 0.717) is 19.4 Å². The van der Waals surface area contributed by atoms with Gasteiger partial charge in [-0.2, -0.15) is 0 Å². The van der Waals surface area contributed by atoms with Crippen molar-refractivity contribution in [1.82, 2.24) is 15.5 Å². The van der Waals surface area contributed by atoms with Gasteiger partial charge in [0.1, 0.15) is 12.1 Å². The minimum Gasteiger partial charge on any atom is -0.480 e. The van der Waals surface area contributed by atoms with E-state index in [2.05, 4.69) is 10.6 Å². The number of aliphatic carboxylic acids is 1. The Morgan fingerprint density at radius 1 is 1.38 bits per heavy atom. The summed E-state index contributed by atoms with van der Waals surface area (Å²) in [7, 11) is 1.62. The van der Waals surface area contributed by atoms with Crippen molar-refractivity contribution in [2.24, 2.45) is 5.73 Å². The summed E-state index contributed by atoms with van der Waals surface area (Å²) in [4.78, 5) is 47.2. The molecule has 0 saturated carbocycles. The molecule has 0 aromatic rings. The number of primary amides is 1. The molecule has 1 aliphatic heterocycles. The maximum absolute atomic E-state index is 12.1. The zero-order chi connectivity index (χ0) is 16.0. The molecule has 0 spiro atoms. The van der Waals surface area contributed by atoms with Crippen LogP contribution in [0.3, 0.4) is 0 Å². The number of nitrogens with two attached hydrogens (primary N) is 1. The number of rotatable bonds is 7. The Morgan fingerprint density at radius 3 is 2.57 bits per heavy atom. The number of amides is 3. The van der Waals surface area contributed by atoms with Gasteiger partial charge < -0.3 is 26.4 Å². The summed E-state index contributed by atoms with van der Waals surface area (Å²) in [5, 5.41) is 13.9. The molecule has 9 nitrogen and oxygen atoms in total. The van der Waals surface area contributed by atoms with Crippen LogP contribution in [0.2, 0.25) is 0 Å². The first kappa shape index (κ1) is 16.9. The van der Waals surface area contributed by atoms with Crippen LogP contribution in [-0.4, -0.2) is 65.9 Å². The number of carboxylic acid groups (broad SMARTS) is 1. The van der Waals surface area contributed by atoms with Crippen molar-refractivity contribution in [3.8, 4) is 0 Å². The molecule has 9 heteroatoms. The average molecular weight is 300 g/mol. The van der Waals surface area contributed by atoms with Gasteiger partial charge in [-0.25, -0.2) is 4.79 Å². The molecule has 1 saturated heterocycles. The summed E-state index contributed by atoms with van der Waals surface area (Å²) >= 11 is 0. The Bertz CT molecular complexity index is 439. The Morgan fingerprint density at radius 2 is 2.05 bits per heavy atom. The predicted molar refractivity (Wildman–Crippen MR) is 72.0 cm³/mol. The van der Waals surface area contributed by atoms with Crippen molar-refractivity contribution in [3.63, 3.8) is 0 Å². The molecule has 0 aliphatic carbocycles. The molecule has 1 unspecified atom stereocenters. The van der Waals surface area contributed by atoms with Gasteiger partial charge in [0.25, 0.3) is 0 Å². The molecule has 1 rings (SSSR count). The van der Waals surface area contributed by atoms with Gasteiger partial charge in [-0.15, -0.1) is 0 Å². The van der Waals surface area contributed by atoms with Crippen LogP contribution in [-0.2, 0) is 19.2 Å². The van der Waals surface area contributed by atoms with E-state index in [1.807, 2.05) is 0 Å². The van der Waals surface area contributed by atoms with E-state index in [4.69, 9.17) is 10.8 Å². The zero-order valence-electron chi connectivity index (χ0n) is 11.8. The average Bonchev–Trinajstić information content (AvgIpc) is 2.86. The molecule has 5 N–H and O–H groups in total. The monoisotopic (exact) mass is 300 g/mol. The Balaban J connectivity index is 2.70. The highest BCUT2D eigenvalue weighted by atomic mass is 16.4. The summed E-state index contributed by atoms with van der Waals surface area (Å²) in [6, 6.07) is -2.09. The van der Waals surface area contributed by atoms with Gasteiger partial charge in [0.15, 0.2) is 0 Å². The van der Waals surface area contributed by atoms with Gasteiger partial charge in [-0.05, 0) is 19.9 Å². The molecule has 2 atom stereocenters. The number of nitrogens with zero attached hydrogens (tertiary/aromatic N) is 1. The topological polar surface area (TPSA) is 142 Å². The molecule has 0 radical (unpaired) electrons. The highest BCUT2D eigenvalue weighted by Crippen LogP contribution is 2.17. The van der Waals surface area contributed by atoms with Crippen molar-refractivity contribution < 1.29 is 24.3 Å². The first-order valence-electron chi connectivity index (χ1n) is 6.62. The predicted octanol–water partition coefficient (Wildman–Crippen LogP) is -2.36. The quantitative estimate of drug-likeness (QED) is 0.414. The van der Waals surface area contributed by atoms with E-state index in [1.165, 1.54) is 4.90 Å². The van der Waals surface area contributed by atoms with Crippen LogP contribution in [0.5, 0.6) is 0 Å². The first-order chi connectivity index (χ1) is 9.86. The van der Waals surface area contributed by atoms with Gasteiger partial charge in [-0.3, -0.25) is 14.4 Å². The van der Waals surface area contributed by atoms with E-state index in [1.54, 1.807) is 7.05 Å². The third kappa shape index (κ3) is 4.71. The Hall–Kier alpha value is -2.16. The molecule has 0 aromatic heterocycles. The second-order valence-corrected chi connectivity index (χ2v) is 4.85. The van der Waals surface area contributed by atoms with Gasteiger partial charge >= 0.3 is 5.97 Å². The second-order valence-electron chi connectivity index (χ2n) is 4.85. The molecule has 0 aromatic carbocycles. The molecule has 1 heterocycles. The largest absolute Gasteiger partial charge is 0.480 e. The molecule has 118 valence electrons. The van der Waals surface area contributed by atoms with Gasteiger partial charge in [0.2, 0.25) is 17.7 Å². The fraction of sp³-hybridized carbons (Fsp3) is 0.667. The number of carboxylic acids is 1. The van der Waals surface area contributed by atoms with E-state index in [0.717, 1.165) is 0 Å². The van der Waals surface area contributed by atoms with Crippen LogP contribution in [0.15, 0.2) is 0 Å². The maximum atomic E-state index is 12.1. The maximum Gasteiger partial charge on any atom is 0.326 e. The van der Waals surface area contributed by atoms with Crippen LogP contribution in [0.4, 0.5) is 0 Å². The van der Waals surface area contributed by atoms with Crippen molar-refractivity contribution >= 4 is 23.7 Å². The second kappa shape index (κ2) is 7.58. The highest BCUT2D eigenvalue weighted by Gasteiger charge is 2.35. The standard InChI is InChI=1S/C12H20N4O5/c1-14-6-10(18)16-4-2-3-8(16)11(19)15-7(12(20)21)5-9(13)17/h7-8,14H,2-6H2,1H3,(H2,13,17)(H,15,19)(H,20,21)/t7-,8?/m0/s1. The molecule has 0 bridgehead atoms. The van der Waals surface area contributed by atoms with Crippen molar-refractivity contribution in [2.45, 2.75) is 31.3 Å². The van der Waals surface area contributed by atoms with E-state index < -0.39 is 36.3 Å². The van der Waals surface area contributed by atoms with Gasteiger partial charge in [0.05, 0.1) is 13.0 Å². The fourth-order valence-corrected chi connectivity index (χ4v) is 2.26. The van der Waals surface area contributed by atoms with Crippen LogP contribution >= 0.6 is 0 Å². The van der Waals surface area contributed by atoms with Crippen molar-refractivity contribution in [1.29, 1.82) is 0 Å². The lowest BCUT2D eigenvalue weighted by Gasteiger charge is -2.25. The van der Waals surface area contributed by atoms with E-state index >= 15 is 0 Å². The number of likely N-dealkylation sites (N-methyl/N-ethyl adjacent to an activating group) is 1. The van der Waals surface area contributed by atoms with Gasteiger partial charge in [-0.1, -0.05) is 0 Å². The van der Waals surface area contributed by atoms with Crippen LogP contribution in [0, 0.1) is 0 Å². The summed E-state index contributed by atoms with van der Waals surface area (Å²) in [5.41, 5.74) is 4.95. The number of carbonyl (C=O) groups excluding carboxylic acids is 3. The normalized spacial score (nSPS) is 19.1. The number of nitrogens with one attached hydrogen (secondary N) is 2. The molecule has 1 aliphatic rings. The number of likely N-dealkylation sites (tertiary alicyclic amines) is 1. The molecule has 3 amide bonds. The summed E-state index contributed by atoms with van der Waals surface area (Å²) in [6.45, 7) is 0.555.